The van der Waals surface area contributed by atoms with E-state index >= 15 is 0 Å². The van der Waals surface area contributed by atoms with Crippen LogP contribution in [0.1, 0.15) is 24.2 Å². The van der Waals surface area contributed by atoms with E-state index in [0.29, 0.717) is 11.4 Å². The fraction of sp³-hybridized carbons (Fsp3) is 0.188. The molecule has 0 aliphatic carbocycles. The smallest absolute Gasteiger partial charge is 0.374 e. The number of hydrogen-bond donors (Lipinski definition) is 1. The number of hydrogen-bond acceptors (Lipinski definition) is 4. The molecule has 0 aliphatic heterocycles. The topological polar surface area (TPSA) is 55.6 Å². The molecule has 24 heavy (non-hydrogen) atoms. The Hall–Kier alpha value is -2.90. The molecule has 3 aromatic rings. The summed E-state index contributed by atoms with van der Waals surface area (Å²) in [5.41, 5.74) is 1.05. The van der Waals surface area contributed by atoms with Crippen LogP contribution in [-0.4, -0.2) is 19.7 Å². The van der Waals surface area contributed by atoms with Gasteiger partial charge in [-0.25, -0.2) is 4.68 Å². The van der Waals surface area contributed by atoms with Crippen LogP contribution in [-0.2, 0) is 6.18 Å². The lowest BCUT2D eigenvalue weighted by atomic mass is 10.2. The predicted molar refractivity (Wildman–Crippen MR) is 82.6 cm³/mol. The standard InChI is InChI=1S/C16H14F3N5/c1-11(15-9-20-5-6-21-15)23-13-8-22-24(10-13)14-4-2-3-12(7-14)16(17,18)19/h2-11,23H,1H3/t11-/m0/s1. The van der Waals surface area contributed by atoms with Crippen LogP contribution >= 0.6 is 0 Å². The molecule has 0 saturated carbocycles. The molecule has 0 bridgehead atoms. The zero-order chi connectivity index (χ0) is 17.2. The van der Waals surface area contributed by atoms with Gasteiger partial charge in [0.2, 0.25) is 0 Å². The van der Waals surface area contributed by atoms with Gasteiger partial charge < -0.3 is 5.32 Å². The fourth-order valence-corrected chi connectivity index (χ4v) is 2.22. The number of anilines is 1. The number of alkyl halides is 3. The summed E-state index contributed by atoms with van der Waals surface area (Å²) >= 11 is 0. The van der Waals surface area contributed by atoms with Crippen molar-refractivity contribution in [2.45, 2.75) is 19.1 Å². The first kappa shape index (κ1) is 16.0. The minimum absolute atomic E-state index is 0.113. The molecule has 1 aromatic carbocycles. The highest BCUT2D eigenvalue weighted by molar-refractivity contribution is 5.45. The predicted octanol–water partition coefficient (Wildman–Crippen LogP) is 3.85. The summed E-state index contributed by atoms with van der Waals surface area (Å²) in [5, 5.41) is 7.29. The van der Waals surface area contributed by atoms with E-state index < -0.39 is 11.7 Å². The molecule has 0 radical (unpaired) electrons. The van der Waals surface area contributed by atoms with Gasteiger partial charge in [-0.15, -0.1) is 0 Å². The quantitative estimate of drug-likeness (QED) is 0.788. The molecule has 0 spiro atoms. The van der Waals surface area contributed by atoms with Gasteiger partial charge in [0.25, 0.3) is 0 Å². The number of rotatable bonds is 4. The van der Waals surface area contributed by atoms with Crippen molar-refractivity contribution < 1.29 is 13.2 Å². The van der Waals surface area contributed by atoms with Gasteiger partial charge in [-0.2, -0.15) is 18.3 Å². The second-order valence-corrected chi connectivity index (χ2v) is 5.22. The second kappa shape index (κ2) is 6.31. The normalized spacial score (nSPS) is 12.8. The van der Waals surface area contributed by atoms with Crippen LogP contribution in [0.25, 0.3) is 5.69 Å². The van der Waals surface area contributed by atoms with Crippen LogP contribution in [0, 0.1) is 0 Å². The van der Waals surface area contributed by atoms with E-state index in [9.17, 15) is 13.2 Å². The molecular formula is C16H14F3N5. The molecule has 2 heterocycles. The fourth-order valence-electron chi connectivity index (χ4n) is 2.22. The monoisotopic (exact) mass is 333 g/mol. The first-order valence-electron chi connectivity index (χ1n) is 7.18. The van der Waals surface area contributed by atoms with Crippen LogP contribution in [0.2, 0.25) is 0 Å². The molecule has 2 aromatic heterocycles. The molecule has 0 saturated heterocycles. The number of halogens is 3. The Morgan fingerprint density at radius 2 is 2.00 bits per heavy atom. The van der Waals surface area contributed by atoms with Crippen LogP contribution in [0.5, 0.6) is 0 Å². The molecule has 5 nitrogen and oxygen atoms in total. The Bertz CT molecular complexity index is 814. The van der Waals surface area contributed by atoms with E-state index in [1.807, 2.05) is 6.92 Å². The minimum Gasteiger partial charge on any atom is -0.374 e. The van der Waals surface area contributed by atoms with Crippen molar-refractivity contribution in [2.24, 2.45) is 0 Å². The molecule has 1 N–H and O–H groups in total. The average molecular weight is 333 g/mol. The van der Waals surface area contributed by atoms with E-state index in [-0.39, 0.29) is 6.04 Å². The first-order chi connectivity index (χ1) is 11.4. The molecule has 0 unspecified atom stereocenters. The van der Waals surface area contributed by atoms with Gasteiger partial charge in [0.15, 0.2) is 0 Å². The zero-order valence-electron chi connectivity index (χ0n) is 12.7. The van der Waals surface area contributed by atoms with E-state index in [4.69, 9.17) is 0 Å². The summed E-state index contributed by atoms with van der Waals surface area (Å²) in [6.07, 6.45) is 3.62. The molecule has 0 aliphatic rings. The summed E-state index contributed by atoms with van der Waals surface area (Å²) in [4.78, 5) is 8.20. The average Bonchev–Trinajstić information content (AvgIpc) is 3.03. The van der Waals surface area contributed by atoms with E-state index in [1.165, 1.54) is 10.7 Å². The van der Waals surface area contributed by atoms with Gasteiger partial charge in [0.05, 0.1) is 47.3 Å². The lowest BCUT2D eigenvalue weighted by Crippen LogP contribution is -2.08. The Labute approximate surface area is 136 Å². The van der Waals surface area contributed by atoms with Gasteiger partial charge in [0.1, 0.15) is 0 Å². The maximum absolute atomic E-state index is 12.8. The van der Waals surface area contributed by atoms with Crippen molar-refractivity contribution in [1.82, 2.24) is 19.7 Å². The summed E-state index contributed by atoms with van der Waals surface area (Å²) in [6.45, 7) is 1.91. The summed E-state index contributed by atoms with van der Waals surface area (Å²) in [7, 11) is 0. The summed E-state index contributed by atoms with van der Waals surface area (Å²) in [5.74, 6) is 0. The first-order valence-corrected chi connectivity index (χ1v) is 7.18. The van der Waals surface area contributed by atoms with Crippen molar-refractivity contribution >= 4 is 5.69 Å². The third-order valence-corrected chi connectivity index (χ3v) is 3.43. The molecule has 1 atom stereocenters. The summed E-state index contributed by atoms with van der Waals surface area (Å²) < 4.78 is 39.8. The highest BCUT2D eigenvalue weighted by Crippen LogP contribution is 2.30. The maximum atomic E-state index is 12.8. The van der Waals surface area contributed by atoms with E-state index in [0.717, 1.165) is 17.8 Å². The Balaban J connectivity index is 1.79. The maximum Gasteiger partial charge on any atom is 0.416 e. The molecule has 3 rings (SSSR count). The Morgan fingerprint density at radius 1 is 1.17 bits per heavy atom. The van der Waals surface area contributed by atoms with Crippen molar-refractivity contribution in [3.05, 3.63) is 66.5 Å². The molecule has 0 fully saturated rings. The molecule has 0 amide bonds. The third kappa shape index (κ3) is 3.53. The third-order valence-electron chi connectivity index (χ3n) is 3.43. The van der Waals surface area contributed by atoms with Crippen LogP contribution in [0.4, 0.5) is 18.9 Å². The van der Waals surface area contributed by atoms with Crippen LogP contribution in [0.3, 0.4) is 0 Å². The Kier molecular flexibility index (Phi) is 4.20. The largest absolute Gasteiger partial charge is 0.416 e. The van der Waals surface area contributed by atoms with Crippen molar-refractivity contribution in [1.29, 1.82) is 0 Å². The lowest BCUT2D eigenvalue weighted by molar-refractivity contribution is -0.137. The SMILES string of the molecule is C[C@H](Nc1cnn(-c2cccc(C(F)(F)F)c2)c1)c1cnccn1. The highest BCUT2D eigenvalue weighted by Gasteiger charge is 2.30. The molecule has 124 valence electrons. The molecular weight excluding hydrogens is 319 g/mol. The van der Waals surface area contributed by atoms with Gasteiger partial charge in [-0.3, -0.25) is 9.97 Å². The summed E-state index contributed by atoms with van der Waals surface area (Å²) in [6, 6.07) is 4.90. The number of aromatic nitrogens is 4. The number of benzene rings is 1. The van der Waals surface area contributed by atoms with Gasteiger partial charge in [-0.1, -0.05) is 6.07 Å². The highest BCUT2D eigenvalue weighted by atomic mass is 19.4. The number of nitrogens with one attached hydrogen (secondary N) is 1. The number of nitrogens with zero attached hydrogens (tertiary/aromatic N) is 4. The minimum atomic E-state index is -4.38. The van der Waals surface area contributed by atoms with E-state index in [1.54, 1.807) is 37.1 Å². The molecule has 8 heteroatoms. The van der Waals surface area contributed by atoms with Crippen LogP contribution < -0.4 is 5.32 Å². The van der Waals surface area contributed by atoms with Gasteiger partial charge >= 0.3 is 6.18 Å². The van der Waals surface area contributed by atoms with Gasteiger partial charge in [-0.05, 0) is 25.1 Å². The second-order valence-electron chi connectivity index (χ2n) is 5.22. The van der Waals surface area contributed by atoms with Gasteiger partial charge in [0, 0.05) is 12.4 Å². The van der Waals surface area contributed by atoms with Crippen molar-refractivity contribution in [3.8, 4) is 5.69 Å². The van der Waals surface area contributed by atoms with Crippen LogP contribution in [0.15, 0.2) is 55.2 Å². The Morgan fingerprint density at radius 3 is 2.71 bits per heavy atom. The lowest BCUT2D eigenvalue weighted by Gasteiger charge is -2.12. The van der Waals surface area contributed by atoms with Crippen molar-refractivity contribution in [2.75, 3.05) is 5.32 Å². The van der Waals surface area contributed by atoms with E-state index in [2.05, 4.69) is 20.4 Å². The zero-order valence-corrected chi connectivity index (χ0v) is 12.7. The van der Waals surface area contributed by atoms with Crippen molar-refractivity contribution in [3.63, 3.8) is 0 Å².